The molecule has 4 N–H and O–H groups in total. The van der Waals surface area contributed by atoms with Crippen LogP contribution in [0.4, 0.5) is 0 Å². The largest absolute Gasteiger partial charge is 0.508 e. The van der Waals surface area contributed by atoms with Gasteiger partial charge < -0.3 is 39.6 Å². The standard InChI is InChI=1S/C53H68N8O8/c1-8-59-43-15-14-34-26-38(43)39(46(59)37-12-9-18-54-44(37)32(4)68-7)27-52(5,6)30-69-50(66)40-13-10-20-61(57-40)49(65)41(24-33-22-35(34)25-36(62)23-33)56-47(63)45(31(2)3)60-21-17-53(51(60)67)16-11-19-58(29-53)48(64)42-28-55-42/h9,12,14-15,18,22-23,25-26,31-32,40-42,45,55,57,62H,8,10-11,13,16-17,19-21,24,27-30H2,1-7H3,(H,56,63)/t32-,40-,41-,42-,45-,53-/m0/s1. The number of aromatic hydroxyl groups is 1. The van der Waals surface area contributed by atoms with Crippen LogP contribution in [-0.2, 0) is 52.8 Å². The number of pyridine rings is 1. The van der Waals surface area contributed by atoms with Crippen molar-refractivity contribution in [3.8, 4) is 28.1 Å². The smallest absolute Gasteiger partial charge is 0.324 e. The summed E-state index contributed by atoms with van der Waals surface area (Å²) in [7, 11) is 1.68. The third-order valence-electron chi connectivity index (χ3n) is 15.1. The zero-order valence-corrected chi connectivity index (χ0v) is 41.1. The second-order valence-corrected chi connectivity index (χ2v) is 21.1. The number of nitrogens with zero attached hydrogens (tertiary/aromatic N) is 5. The van der Waals surface area contributed by atoms with Gasteiger partial charge in [-0.15, -0.1) is 0 Å². The zero-order chi connectivity index (χ0) is 48.9. The predicted octanol–water partition coefficient (Wildman–Crippen LogP) is 5.29. The van der Waals surface area contributed by atoms with Gasteiger partial charge in [0.25, 0.3) is 5.91 Å². The number of methoxy groups -OCH3 is 1. The number of likely N-dealkylation sites (tertiary alicyclic amines) is 2. The summed E-state index contributed by atoms with van der Waals surface area (Å²) in [5.74, 6) is -1.82. The first-order valence-electron chi connectivity index (χ1n) is 24.9. The number of carbonyl (C=O) groups is 5. The summed E-state index contributed by atoms with van der Waals surface area (Å²) in [6, 6.07) is 12.5. The maximum atomic E-state index is 14.9. The molecule has 4 saturated heterocycles. The molecular formula is C53H68N8O8. The molecule has 0 saturated carbocycles. The van der Waals surface area contributed by atoms with E-state index in [9.17, 15) is 29.1 Å². The minimum absolute atomic E-state index is 0.000607. The van der Waals surface area contributed by atoms with Crippen LogP contribution in [0.25, 0.3) is 33.3 Å². The lowest BCUT2D eigenvalue weighted by molar-refractivity contribution is -0.155. The summed E-state index contributed by atoms with van der Waals surface area (Å²) in [6.45, 7) is 15.0. The highest BCUT2D eigenvalue weighted by atomic mass is 16.5. The van der Waals surface area contributed by atoms with E-state index in [2.05, 4.69) is 59.6 Å². The number of phenols is 1. The highest BCUT2D eigenvalue weighted by Gasteiger charge is 2.53. The van der Waals surface area contributed by atoms with Crippen LogP contribution in [0.15, 0.2) is 54.7 Å². The van der Waals surface area contributed by atoms with Gasteiger partial charge in [-0.2, -0.15) is 0 Å². The van der Waals surface area contributed by atoms with E-state index in [1.807, 2.05) is 39.0 Å². The number of amides is 4. The number of ether oxygens (including phenoxy) is 2. The summed E-state index contributed by atoms with van der Waals surface area (Å²) in [5.41, 5.74) is 8.87. The number of hydrogen-bond acceptors (Lipinski definition) is 11. The third kappa shape index (κ3) is 9.47. The van der Waals surface area contributed by atoms with Gasteiger partial charge in [-0.3, -0.25) is 34.0 Å². The molecule has 2 aromatic carbocycles. The van der Waals surface area contributed by atoms with E-state index in [-0.39, 0.29) is 55.2 Å². The van der Waals surface area contributed by atoms with E-state index in [1.165, 1.54) is 5.01 Å². The molecule has 5 aliphatic rings. The highest BCUT2D eigenvalue weighted by Crippen LogP contribution is 2.44. The lowest BCUT2D eigenvalue weighted by Gasteiger charge is -2.40. The molecule has 69 heavy (non-hydrogen) atoms. The minimum Gasteiger partial charge on any atom is -0.508 e. The lowest BCUT2D eigenvalue weighted by Crippen LogP contribution is -2.62. The van der Waals surface area contributed by atoms with Crippen molar-refractivity contribution in [1.29, 1.82) is 0 Å². The second kappa shape index (κ2) is 19.2. The monoisotopic (exact) mass is 945 g/mol. The number of fused-ring (bicyclic) bond motifs is 6. The van der Waals surface area contributed by atoms with E-state index in [0.717, 1.165) is 44.5 Å². The Bertz CT molecular complexity index is 2660. The van der Waals surface area contributed by atoms with E-state index >= 15 is 0 Å². The molecule has 1 spiro atoms. The molecule has 0 radical (unpaired) electrons. The number of esters is 1. The summed E-state index contributed by atoms with van der Waals surface area (Å²) < 4.78 is 14.3. The Kier molecular flexibility index (Phi) is 13.4. The number of hydrogen-bond donors (Lipinski definition) is 4. The fourth-order valence-corrected chi connectivity index (χ4v) is 11.4. The fraction of sp³-hybridized carbons (Fsp3) is 0.547. The molecule has 4 fully saturated rings. The number of rotatable bonds is 9. The van der Waals surface area contributed by atoms with E-state index < -0.39 is 46.7 Å². The second-order valence-electron chi connectivity index (χ2n) is 21.1. The lowest BCUT2D eigenvalue weighted by atomic mass is 9.78. The molecular weight excluding hydrogens is 877 g/mol. The highest BCUT2D eigenvalue weighted by molar-refractivity contribution is 5.97. The molecule has 0 unspecified atom stereocenters. The molecule has 9 rings (SSSR count). The van der Waals surface area contributed by atoms with Crippen LogP contribution in [0, 0.1) is 16.7 Å². The van der Waals surface area contributed by atoms with Gasteiger partial charge in [-0.05, 0) is 117 Å². The summed E-state index contributed by atoms with van der Waals surface area (Å²) >= 11 is 0. The minimum atomic E-state index is -1.15. The normalized spacial score (nSPS) is 24.9. The van der Waals surface area contributed by atoms with Crippen LogP contribution >= 0.6 is 0 Å². The van der Waals surface area contributed by atoms with Crippen LogP contribution in [0.5, 0.6) is 5.75 Å². The summed E-state index contributed by atoms with van der Waals surface area (Å²) in [6.07, 6.45) is 4.89. The SMILES string of the molecule is CCn1c(-c2cccnc2[C@H](C)OC)c2c3cc(ccc31)-c1cc(O)cc(c1)C[C@H](NC(=O)[C@H](C(C)C)N1CC[C@]3(CCCN(C(=O)[C@@H]4CN4)C3)C1=O)C(=O)N1CCC[C@H](N1)C(=O)OCC(C)(C)C2. The van der Waals surface area contributed by atoms with Crippen molar-refractivity contribution in [1.82, 2.24) is 40.4 Å². The van der Waals surface area contributed by atoms with E-state index in [4.69, 9.17) is 14.5 Å². The average Bonchev–Trinajstić information content (AvgIpc) is 4.10. The number of carbonyl (C=O) groups excluding carboxylic acids is 5. The van der Waals surface area contributed by atoms with Gasteiger partial charge in [0.05, 0.1) is 35.6 Å². The number of aromatic nitrogens is 2. The zero-order valence-electron chi connectivity index (χ0n) is 41.1. The maximum Gasteiger partial charge on any atom is 0.324 e. The van der Waals surface area contributed by atoms with Gasteiger partial charge in [0, 0.05) is 80.9 Å². The molecule has 7 heterocycles. The molecule has 6 atom stereocenters. The van der Waals surface area contributed by atoms with Crippen LogP contribution in [0.2, 0.25) is 0 Å². The van der Waals surface area contributed by atoms with Crippen molar-refractivity contribution in [2.45, 2.75) is 123 Å². The summed E-state index contributed by atoms with van der Waals surface area (Å²) in [5, 5.41) is 20.0. The van der Waals surface area contributed by atoms with Gasteiger partial charge in [-0.25, -0.2) is 5.43 Å². The first-order chi connectivity index (χ1) is 33.0. The molecule has 16 nitrogen and oxygen atoms in total. The molecule has 2 aromatic heterocycles. The summed E-state index contributed by atoms with van der Waals surface area (Å²) in [4.78, 5) is 79.6. The number of phenolic OH excluding ortho intramolecular Hbond substituents is 1. The number of hydrazine groups is 1. The van der Waals surface area contributed by atoms with Gasteiger partial charge in [0.15, 0.2) is 0 Å². The Hall–Kier alpha value is -5.84. The van der Waals surface area contributed by atoms with Crippen LogP contribution in [0.3, 0.4) is 0 Å². The fourth-order valence-electron chi connectivity index (χ4n) is 11.4. The number of benzene rings is 2. The molecule has 4 aromatic rings. The van der Waals surface area contributed by atoms with Gasteiger partial charge >= 0.3 is 5.97 Å². The molecule has 368 valence electrons. The van der Waals surface area contributed by atoms with Crippen molar-refractivity contribution >= 4 is 40.5 Å². The molecule has 16 heteroatoms. The first kappa shape index (κ1) is 48.2. The molecule has 5 aliphatic heterocycles. The van der Waals surface area contributed by atoms with Crippen LogP contribution in [0.1, 0.15) is 96.6 Å². The Morgan fingerprint density at radius 1 is 1.01 bits per heavy atom. The predicted molar refractivity (Wildman–Crippen MR) is 260 cm³/mol. The first-order valence-corrected chi connectivity index (χ1v) is 24.9. The average molecular weight is 945 g/mol. The number of nitrogens with one attached hydrogen (secondary N) is 3. The quantitative estimate of drug-likeness (QED) is 0.126. The number of cyclic esters (lactones) is 1. The number of piperidine rings is 1. The van der Waals surface area contributed by atoms with Gasteiger partial charge in [0.1, 0.15) is 23.9 Å². The van der Waals surface area contributed by atoms with Crippen molar-refractivity contribution in [2.24, 2.45) is 16.7 Å². The Morgan fingerprint density at radius 3 is 2.55 bits per heavy atom. The topological polar surface area (TPSA) is 198 Å². The molecule has 6 bridgehead atoms. The Balaban J connectivity index is 1.09. The Labute approximate surface area is 404 Å². The van der Waals surface area contributed by atoms with E-state index in [1.54, 1.807) is 35.2 Å². The van der Waals surface area contributed by atoms with Gasteiger partial charge in [-0.1, -0.05) is 39.8 Å². The van der Waals surface area contributed by atoms with Gasteiger partial charge in [0.2, 0.25) is 17.7 Å². The molecule has 0 aliphatic carbocycles. The Morgan fingerprint density at radius 2 is 1.81 bits per heavy atom. The van der Waals surface area contributed by atoms with Crippen molar-refractivity contribution in [3.05, 3.63) is 71.5 Å². The number of aryl methyl sites for hydroxylation is 1. The van der Waals surface area contributed by atoms with Crippen LogP contribution in [-0.4, -0.2) is 130 Å². The molecule has 4 amide bonds. The third-order valence-corrected chi connectivity index (χ3v) is 15.1. The van der Waals surface area contributed by atoms with Crippen molar-refractivity contribution in [3.63, 3.8) is 0 Å². The van der Waals surface area contributed by atoms with E-state index in [0.29, 0.717) is 76.8 Å². The van der Waals surface area contributed by atoms with Crippen molar-refractivity contribution in [2.75, 3.05) is 46.4 Å². The van der Waals surface area contributed by atoms with Crippen molar-refractivity contribution < 1.29 is 38.6 Å². The van der Waals surface area contributed by atoms with Crippen LogP contribution < -0.4 is 16.1 Å². The maximum absolute atomic E-state index is 14.9.